The molecule has 2 atom stereocenters. The molecule has 0 spiro atoms. The first-order valence-corrected chi connectivity index (χ1v) is 8.19. The van der Waals surface area contributed by atoms with Crippen LogP contribution in [0, 0.1) is 5.92 Å². The lowest BCUT2D eigenvalue weighted by Gasteiger charge is -2.19. The van der Waals surface area contributed by atoms with E-state index in [1.165, 1.54) is 6.92 Å². The van der Waals surface area contributed by atoms with Gasteiger partial charge in [0.1, 0.15) is 11.8 Å². The van der Waals surface area contributed by atoms with Crippen LogP contribution in [0.25, 0.3) is 0 Å². The minimum Gasteiger partial charge on any atom is -0.482 e. The third-order valence-corrected chi connectivity index (χ3v) is 3.71. The van der Waals surface area contributed by atoms with Crippen molar-refractivity contribution in [2.75, 3.05) is 0 Å². The second-order valence-electron chi connectivity index (χ2n) is 5.65. The number of benzene rings is 1. The Balaban J connectivity index is 2.16. The molecule has 2 aromatic rings. The van der Waals surface area contributed by atoms with Crippen LogP contribution in [0.5, 0.6) is 5.75 Å². The summed E-state index contributed by atoms with van der Waals surface area (Å²) < 4.78 is 12.2. The molecule has 6 nitrogen and oxygen atoms in total. The van der Waals surface area contributed by atoms with E-state index in [4.69, 9.17) is 9.26 Å². The summed E-state index contributed by atoms with van der Waals surface area (Å²) in [7, 11) is 0. The molecule has 1 heterocycles. The van der Waals surface area contributed by atoms with Crippen molar-refractivity contribution >= 4 is 21.8 Å². The normalized spacial score (nSPS) is 13.7. The first kappa shape index (κ1) is 17.5. The number of ether oxygens (including phenoxy) is 1. The molecule has 1 aromatic carbocycles. The van der Waals surface area contributed by atoms with Crippen LogP contribution >= 0.6 is 15.9 Å². The van der Waals surface area contributed by atoms with Crippen LogP contribution < -0.4 is 10.1 Å². The van der Waals surface area contributed by atoms with Gasteiger partial charge in [0, 0.05) is 11.4 Å². The Hall–Kier alpha value is -1.89. The van der Waals surface area contributed by atoms with Crippen molar-refractivity contribution in [1.82, 2.24) is 15.5 Å². The van der Waals surface area contributed by atoms with Crippen LogP contribution in [-0.4, -0.2) is 16.0 Å². The van der Waals surface area contributed by atoms with Crippen LogP contribution in [0.1, 0.15) is 51.6 Å². The number of amides is 1. The predicted molar refractivity (Wildman–Crippen MR) is 88.9 cm³/mol. The highest BCUT2D eigenvalue weighted by molar-refractivity contribution is 9.10. The Bertz CT molecular complexity index is 655. The van der Waals surface area contributed by atoms with Gasteiger partial charge in [0.25, 0.3) is 0 Å². The summed E-state index contributed by atoms with van der Waals surface area (Å²) in [5.74, 6) is 1.56. The smallest absolute Gasteiger partial charge is 0.249 e. The van der Waals surface area contributed by atoms with Gasteiger partial charge in [0.05, 0.1) is 0 Å². The van der Waals surface area contributed by atoms with E-state index in [0.29, 0.717) is 11.7 Å². The van der Waals surface area contributed by atoms with Crippen LogP contribution in [-0.2, 0) is 4.79 Å². The van der Waals surface area contributed by atoms with E-state index in [2.05, 4.69) is 31.4 Å². The van der Waals surface area contributed by atoms with Gasteiger partial charge in [-0.1, -0.05) is 34.9 Å². The van der Waals surface area contributed by atoms with Gasteiger partial charge in [-0.2, -0.15) is 4.98 Å². The summed E-state index contributed by atoms with van der Waals surface area (Å²) in [5, 5.41) is 6.72. The van der Waals surface area contributed by atoms with E-state index < -0.39 is 0 Å². The van der Waals surface area contributed by atoms with Crippen molar-refractivity contribution in [1.29, 1.82) is 0 Å². The van der Waals surface area contributed by atoms with Gasteiger partial charge in [-0.15, -0.1) is 0 Å². The zero-order chi connectivity index (χ0) is 17.0. The highest BCUT2D eigenvalue weighted by atomic mass is 79.9. The van der Waals surface area contributed by atoms with E-state index in [9.17, 15) is 4.79 Å². The van der Waals surface area contributed by atoms with Crippen LogP contribution in [0.4, 0.5) is 0 Å². The fourth-order valence-corrected chi connectivity index (χ4v) is 2.32. The summed E-state index contributed by atoms with van der Waals surface area (Å²) in [6.07, 6.45) is -0.335. The summed E-state index contributed by atoms with van der Waals surface area (Å²) in [4.78, 5) is 15.5. The molecule has 0 bridgehead atoms. The molecule has 2 rings (SSSR count). The standard InChI is InChI=1S/C16H20BrN3O3/c1-9(2)14(22-13-7-5-12(17)6-8-13)15-19-16(23-20-15)10(3)18-11(4)21/h5-10,14H,1-4H3,(H,18,21)/t10-,14?/m0/s1. The number of nitrogens with zero attached hydrogens (tertiary/aromatic N) is 2. The van der Waals surface area contributed by atoms with Crippen molar-refractivity contribution < 1.29 is 14.1 Å². The zero-order valence-corrected chi connectivity index (χ0v) is 15.1. The highest BCUT2D eigenvalue weighted by Crippen LogP contribution is 2.28. The van der Waals surface area contributed by atoms with Crippen molar-refractivity contribution in [3.8, 4) is 5.75 Å². The number of nitrogens with one attached hydrogen (secondary N) is 1. The molecule has 124 valence electrons. The zero-order valence-electron chi connectivity index (χ0n) is 13.5. The molecule has 0 saturated heterocycles. The van der Waals surface area contributed by atoms with Gasteiger partial charge >= 0.3 is 0 Å². The van der Waals surface area contributed by atoms with Crippen LogP contribution in [0.15, 0.2) is 33.3 Å². The van der Waals surface area contributed by atoms with Crippen LogP contribution in [0.2, 0.25) is 0 Å². The molecule has 1 aromatic heterocycles. The Morgan fingerprint density at radius 3 is 2.48 bits per heavy atom. The van der Waals surface area contributed by atoms with Crippen molar-refractivity contribution in [3.63, 3.8) is 0 Å². The minimum atomic E-state index is -0.339. The van der Waals surface area contributed by atoms with Gasteiger partial charge in [-0.3, -0.25) is 4.79 Å². The average Bonchev–Trinajstić information content (AvgIpc) is 2.95. The van der Waals surface area contributed by atoms with Crippen molar-refractivity contribution in [3.05, 3.63) is 40.5 Å². The van der Waals surface area contributed by atoms with Gasteiger partial charge in [-0.25, -0.2) is 0 Å². The average molecular weight is 382 g/mol. The first-order chi connectivity index (χ1) is 10.9. The molecule has 0 fully saturated rings. The van der Waals surface area contributed by atoms with Gasteiger partial charge in [0.2, 0.25) is 17.6 Å². The fourth-order valence-electron chi connectivity index (χ4n) is 2.05. The SMILES string of the molecule is CC(=O)N[C@@H](C)c1nc(C(Oc2ccc(Br)cc2)C(C)C)no1. The molecule has 0 aliphatic heterocycles. The predicted octanol–water partition coefficient (Wildman–Crippen LogP) is 3.81. The maximum atomic E-state index is 11.1. The largest absolute Gasteiger partial charge is 0.482 e. The van der Waals surface area contributed by atoms with E-state index in [1.807, 2.05) is 38.1 Å². The summed E-state index contributed by atoms with van der Waals surface area (Å²) in [5.41, 5.74) is 0. The molecule has 0 aliphatic carbocycles. The summed E-state index contributed by atoms with van der Waals surface area (Å²) >= 11 is 3.39. The summed E-state index contributed by atoms with van der Waals surface area (Å²) in [6, 6.07) is 7.23. The number of hydrogen-bond acceptors (Lipinski definition) is 5. The van der Waals surface area contributed by atoms with Crippen molar-refractivity contribution in [2.24, 2.45) is 5.92 Å². The number of carbonyl (C=O) groups is 1. The topological polar surface area (TPSA) is 77.2 Å². The number of hydrogen-bond donors (Lipinski definition) is 1. The molecule has 1 unspecified atom stereocenters. The monoisotopic (exact) mass is 381 g/mol. The molecular weight excluding hydrogens is 362 g/mol. The number of aromatic nitrogens is 2. The van der Waals surface area contributed by atoms with E-state index in [1.54, 1.807) is 6.92 Å². The molecule has 0 aliphatic rings. The van der Waals surface area contributed by atoms with Crippen LogP contribution in [0.3, 0.4) is 0 Å². The number of halogens is 1. The third kappa shape index (κ3) is 4.79. The Morgan fingerprint density at radius 2 is 1.91 bits per heavy atom. The van der Waals surface area contributed by atoms with E-state index in [-0.39, 0.29) is 24.0 Å². The molecule has 1 amide bonds. The lowest BCUT2D eigenvalue weighted by Crippen LogP contribution is -2.24. The summed E-state index contributed by atoms with van der Waals surface area (Å²) in [6.45, 7) is 7.29. The molecule has 7 heteroatoms. The van der Waals surface area contributed by atoms with Gasteiger partial charge in [-0.05, 0) is 37.1 Å². The van der Waals surface area contributed by atoms with E-state index in [0.717, 1.165) is 10.2 Å². The maximum absolute atomic E-state index is 11.1. The molecule has 0 saturated carbocycles. The second-order valence-corrected chi connectivity index (χ2v) is 6.57. The minimum absolute atomic E-state index is 0.149. The highest BCUT2D eigenvalue weighted by Gasteiger charge is 2.25. The quantitative estimate of drug-likeness (QED) is 0.822. The molecule has 1 N–H and O–H groups in total. The van der Waals surface area contributed by atoms with E-state index >= 15 is 0 Å². The molecular formula is C16H20BrN3O3. The molecule has 23 heavy (non-hydrogen) atoms. The maximum Gasteiger partial charge on any atom is 0.249 e. The Labute approximate surface area is 143 Å². The fraction of sp³-hybridized carbons (Fsp3) is 0.438. The first-order valence-electron chi connectivity index (χ1n) is 7.39. The van der Waals surface area contributed by atoms with Gasteiger partial charge < -0.3 is 14.6 Å². The Kier molecular flexibility index (Phi) is 5.76. The number of rotatable bonds is 6. The lowest BCUT2D eigenvalue weighted by atomic mass is 10.1. The number of carbonyl (C=O) groups excluding carboxylic acids is 1. The third-order valence-electron chi connectivity index (χ3n) is 3.18. The lowest BCUT2D eigenvalue weighted by molar-refractivity contribution is -0.119. The van der Waals surface area contributed by atoms with Crippen molar-refractivity contribution in [2.45, 2.75) is 39.8 Å². The Morgan fingerprint density at radius 1 is 1.26 bits per heavy atom. The second kappa shape index (κ2) is 7.59. The molecule has 0 radical (unpaired) electrons. The van der Waals surface area contributed by atoms with Gasteiger partial charge in [0.15, 0.2) is 6.10 Å².